The Balaban J connectivity index is 1.41. The normalized spacial score (nSPS) is 14.3. The van der Waals surface area contributed by atoms with Gasteiger partial charge in [-0.05, 0) is 72.0 Å². The number of nitrogens with one attached hydrogen (secondary N) is 2. The van der Waals surface area contributed by atoms with Crippen molar-refractivity contribution in [3.05, 3.63) is 105 Å². The number of anilines is 2. The molecule has 4 N–H and O–H groups in total. The monoisotopic (exact) mass is 896 g/mol. The van der Waals surface area contributed by atoms with Gasteiger partial charge in [-0.15, -0.1) is 11.8 Å². The number of nitrogens with zero attached hydrogens (tertiary/aromatic N) is 2. The minimum absolute atomic E-state index is 0.0782. The van der Waals surface area contributed by atoms with Crippen molar-refractivity contribution in [2.75, 3.05) is 49.4 Å². The Morgan fingerprint density at radius 3 is 1.66 bits per heavy atom. The maximum atomic E-state index is 13.4. The third-order valence-corrected chi connectivity index (χ3v) is 14.2. The number of sulfonamides is 1. The number of hydrogen-bond donors (Lipinski definition) is 4. The van der Waals surface area contributed by atoms with Gasteiger partial charge in [-0.2, -0.15) is 21.1 Å². The zero-order chi connectivity index (χ0) is 42.8. The Morgan fingerprint density at radius 1 is 0.724 bits per heavy atom. The molecule has 1 aliphatic heterocycles. The predicted octanol–water partition coefficient (Wildman–Crippen LogP) is 3.91. The van der Waals surface area contributed by atoms with E-state index in [0.29, 0.717) is 4.90 Å². The summed E-state index contributed by atoms with van der Waals surface area (Å²) in [5.41, 5.74) is -2.10. The first-order chi connectivity index (χ1) is 27.0. The summed E-state index contributed by atoms with van der Waals surface area (Å²) >= 11 is 1.16. The number of benzene rings is 4. The largest absolute Gasteiger partial charge is 0.379 e. The van der Waals surface area contributed by atoms with Crippen molar-refractivity contribution in [2.45, 2.75) is 24.5 Å². The van der Waals surface area contributed by atoms with Crippen LogP contribution in [0.3, 0.4) is 0 Å². The lowest BCUT2D eigenvalue weighted by atomic mass is 10.1. The van der Waals surface area contributed by atoms with Crippen LogP contribution in [0.2, 0.25) is 0 Å². The van der Waals surface area contributed by atoms with Crippen molar-refractivity contribution in [2.24, 2.45) is 0 Å². The molecule has 4 aromatic carbocycles. The van der Waals surface area contributed by atoms with Crippen LogP contribution < -0.4 is 10.6 Å². The molecule has 0 aromatic heterocycles. The smallest absolute Gasteiger partial charge is 0.295 e. The first kappa shape index (κ1) is 44.1. The number of nitro groups is 1. The minimum Gasteiger partial charge on any atom is -0.379 e. The van der Waals surface area contributed by atoms with E-state index in [9.17, 15) is 62.5 Å². The number of carbonyl (C=O) groups is 2. The number of ether oxygens (including phenoxy) is 1. The number of morpholine rings is 1. The van der Waals surface area contributed by atoms with Crippen LogP contribution in [0.1, 0.15) is 31.8 Å². The third-order valence-electron chi connectivity index (χ3n) is 8.37. The maximum absolute atomic E-state index is 13.4. The van der Waals surface area contributed by atoms with Crippen molar-refractivity contribution in [3.63, 3.8) is 0 Å². The molecule has 19 nitrogen and oxygen atoms in total. The molecule has 0 radical (unpaired) electrons. The molecule has 1 saturated heterocycles. The third kappa shape index (κ3) is 10.1. The summed E-state index contributed by atoms with van der Waals surface area (Å²) in [5.74, 6) is -1.82. The molecule has 0 aliphatic carbocycles. The molecule has 0 spiro atoms. The van der Waals surface area contributed by atoms with Gasteiger partial charge in [0.2, 0.25) is 10.0 Å². The number of amides is 2. The molecule has 0 bridgehead atoms. The molecule has 0 unspecified atom stereocenters. The number of nitro benzene ring substituents is 1. The van der Waals surface area contributed by atoms with Crippen molar-refractivity contribution >= 4 is 92.9 Å². The Kier molecular flexibility index (Phi) is 12.9. The van der Waals surface area contributed by atoms with E-state index in [1.807, 2.05) is 0 Å². The van der Waals surface area contributed by atoms with E-state index in [4.69, 9.17) is 4.74 Å². The van der Waals surface area contributed by atoms with Gasteiger partial charge in [-0.3, -0.25) is 28.8 Å². The topological polar surface area (TPSA) is 291 Å². The average molecular weight is 897 g/mol. The average Bonchev–Trinajstić information content (AvgIpc) is 3.16. The molecular formula is C34H32N4O15S5. The Labute approximate surface area is 336 Å². The van der Waals surface area contributed by atoms with E-state index >= 15 is 0 Å². The van der Waals surface area contributed by atoms with Crippen molar-refractivity contribution in [1.29, 1.82) is 0 Å². The summed E-state index contributed by atoms with van der Waals surface area (Å²) in [7, 11) is -18.1. The highest BCUT2D eigenvalue weighted by Gasteiger charge is 2.30. The molecular weight excluding hydrogens is 865 g/mol. The van der Waals surface area contributed by atoms with E-state index in [-0.39, 0.29) is 64.8 Å². The molecule has 5 rings (SSSR count). The van der Waals surface area contributed by atoms with E-state index in [0.717, 1.165) is 72.6 Å². The van der Waals surface area contributed by atoms with Gasteiger partial charge < -0.3 is 15.4 Å². The summed E-state index contributed by atoms with van der Waals surface area (Å²) < 4.78 is 127. The molecule has 58 heavy (non-hydrogen) atoms. The molecule has 1 heterocycles. The van der Waals surface area contributed by atoms with Gasteiger partial charge in [0, 0.05) is 52.8 Å². The van der Waals surface area contributed by atoms with Crippen LogP contribution in [0.5, 0.6) is 0 Å². The fourth-order valence-corrected chi connectivity index (χ4v) is 10.4. The van der Waals surface area contributed by atoms with Crippen LogP contribution in [-0.2, 0) is 44.8 Å². The van der Waals surface area contributed by atoms with Gasteiger partial charge in [0.1, 0.15) is 14.7 Å². The molecule has 308 valence electrons. The molecule has 4 aromatic rings. The summed E-state index contributed by atoms with van der Waals surface area (Å²) in [6.45, 7) is 0.648. The number of sulfone groups is 1. The molecule has 2 amide bonds. The first-order valence-corrected chi connectivity index (χ1v) is 23.7. The summed E-state index contributed by atoms with van der Waals surface area (Å²) in [4.78, 5) is 34.8. The Morgan fingerprint density at radius 2 is 1.21 bits per heavy atom. The lowest BCUT2D eigenvalue weighted by Gasteiger charge is -2.27. The SMILES string of the molecule is CSc1ccc(C(=O)Nc2ccc(C=Cc3ccc(NC(=O)c4ccc(S(C)(=O)=O)c([N+](=O)[O-])c4)cc3S(=O)(=O)O)c(S(=O)(=O)O)c2)cc1S(=O)(=O)N1CCOCC1. The maximum Gasteiger partial charge on any atom is 0.295 e. The Bertz CT molecular complexity index is 2820. The number of carbonyl (C=O) groups excluding carboxylic acids is 2. The minimum atomic E-state index is -5.03. The lowest BCUT2D eigenvalue weighted by Crippen LogP contribution is -2.40. The van der Waals surface area contributed by atoms with Gasteiger partial charge >= 0.3 is 0 Å². The van der Waals surface area contributed by atoms with Gasteiger partial charge in [0.15, 0.2) is 9.84 Å². The second-order valence-electron chi connectivity index (χ2n) is 12.3. The van der Waals surface area contributed by atoms with Gasteiger partial charge in [-0.25, -0.2) is 16.8 Å². The highest BCUT2D eigenvalue weighted by molar-refractivity contribution is 7.99. The van der Waals surface area contributed by atoms with Crippen LogP contribution in [0.4, 0.5) is 17.1 Å². The molecule has 24 heteroatoms. The highest BCUT2D eigenvalue weighted by atomic mass is 32.2. The van der Waals surface area contributed by atoms with Crippen LogP contribution in [0.25, 0.3) is 12.2 Å². The lowest BCUT2D eigenvalue weighted by molar-refractivity contribution is -0.387. The summed E-state index contributed by atoms with van der Waals surface area (Å²) in [6.07, 6.45) is 4.55. The summed E-state index contributed by atoms with van der Waals surface area (Å²) in [5, 5.41) is 16.2. The van der Waals surface area contributed by atoms with Crippen molar-refractivity contribution < 1.29 is 62.0 Å². The van der Waals surface area contributed by atoms with E-state index in [1.54, 1.807) is 6.26 Å². The number of hydrogen-bond acceptors (Lipinski definition) is 14. The molecule has 0 atom stereocenters. The zero-order valence-electron chi connectivity index (χ0n) is 30.0. The molecule has 0 saturated carbocycles. The molecule has 1 aliphatic rings. The second-order valence-corrected chi connectivity index (χ2v) is 19.8. The highest BCUT2D eigenvalue weighted by Crippen LogP contribution is 2.31. The van der Waals surface area contributed by atoms with E-state index in [1.165, 1.54) is 34.6 Å². The van der Waals surface area contributed by atoms with E-state index in [2.05, 4.69) is 10.6 Å². The van der Waals surface area contributed by atoms with Gasteiger partial charge in [0.25, 0.3) is 37.7 Å². The van der Waals surface area contributed by atoms with Gasteiger partial charge in [0.05, 0.1) is 23.0 Å². The van der Waals surface area contributed by atoms with Crippen molar-refractivity contribution in [3.8, 4) is 0 Å². The fraction of sp³-hybridized carbons (Fsp3) is 0.176. The van der Waals surface area contributed by atoms with E-state index < -0.39 is 77.2 Å². The molecule has 1 fully saturated rings. The number of rotatable bonds is 13. The van der Waals surface area contributed by atoms with Crippen LogP contribution in [0.15, 0.2) is 97.3 Å². The standard InChI is InChI=1S/C34H32N4O15S5/c1-54-28-11-7-24(18-32(28)56(45,46)37-13-15-53-16-14-37)34(40)36-26-10-6-22(31(20-26)58(50,51)52)4-3-21-5-9-25(19-30(21)57(47,48)49)35-33(39)23-8-12-29(55(2,43)44)27(17-23)38(41)42/h3-12,17-20H,13-16H2,1-2H3,(H,35,39)(H,36,40)(H,47,48,49)(H,50,51,52). The quantitative estimate of drug-likeness (QED) is 0.0486. The predicted molar refractivity (Wildman–Crippen MR) is 211 cm³/mol. The van der Waals surface area contributed by atoms with Crippen LogP contribution in [0, 0.1) is 10.1 Å². The second kappa shape index (κ2) is 17.0. The summed E-state index contributed by atoms with van der Waals surface area (Å²) in [6, 6.07) is 13.1. The van der Waals surface area contributed by atoms with Gasteiger partial charge in [-0.1, -0.05) is 24.3 Å². The van der Waals surface area contributed by atoms with Crippen LogP contribution >= 0.6 is 11.8 Å². The zero-order valence-corrected chi connectivity index (χ0v) is 34.1. The van der Waals surface area contributed by atoms with Crippen molar-refractivity contribution in [1.82, 2.24) is 4.31 Å². The number of thioether (sulfide) groups is 1. The van der Waals surface area contributed by atoms with Crippen LogP contribution in [-0.4, -0.2) is 103 Å². The fourth-order valence-electron chi connectivity index (χ4n) is 5.59. The first-order valence-electron chi connectivity index (χ1n) is 16.3. The Hall–Kier alpha value is -5.05.